The lowest BCUT2D eigenvalue weighted by molar-refractivity contribution is -0.146. The van der Waals surface area contributed by atoms with Gasteiger partial charge in [-0.3, -0.25) is 4.79 Å². The zero-order valence-corrected chi connectivity index (χ0v) is 12.1. The smallest absolute Gasteiger partial charge is 0.310 e. The lowest BCUT2D eigenvalue weighted by Crippen LogP contribution is -2.28. The molecule has 1 aromatic carbocycles. The molecule has 0 fully saturated rings. The predicted molar refractivity (Wildman–Crippen MR) is 74.3 cm³/mol. The first kappa shape index (κ1) is 14.0. The fraction of sp³-hybridized carbons (Fsp3) is 0.357. The van der Waals surface area contributed by atoms with Gasteiger partial charge < -0.3 is 9.30 Å². The molecule has 5 nitrogen and oxygen atoms in total. The minimum absolute atomic E-state index is 0.257. The number of ether oxygens (including phenoxy) is 1. The Bertz CT molecular complexity index is 702. The number of carbonyl (C=O) groups is 1. The van der Waals surface area contributed by atoms with Crippen LogP contribution in [0.1, 0.15) is 12.2 Å². The van der Waals surface area contributed by atoms with Gasteiger partial charge in [-0.05, 0) is 24.6 Å². The Morgan fingerprint density at radius 3 is 3.00 bits per heavy atom. The molecule has 2 aromatic rings. The van der Waals surface area contributed by atoms with Gasteiger partial charge in [-0.15, -0.1) is 10.2 Å². The Kier molecular flexibility index (Phi) is 3.63. The highest BCUT2D eigenvalue weighted by molar-refractivity contribution is 6.30. The van der Waals surface area contributed by atoms with E-state index in [2.05, 4.69) is 10.2 Å². The van der Waals surface area contributed by atoms with Crippen molar-refractivity contribution in [3.05, 3.63) is 34.9 Å². The van der Waals surface area contributed by atoms with E-state index in [-0.39, 0.29) is 11.9 Å². The highest BCUT2D eigenvalue weighted by atomic mass is 35.5. The number of hydrogen-bond donors (Lipinski definition) is 0. The van der Waals surface area contributed by atoms with Crippen LogP contribution in [-0.4, -0.2) is 27.8 Å². The van der Waals surface area contributed by atoms with Gasteiger partial charge in [-0.2, -0.15) is 0 Å². The lowest BCUT2D eigenvalue weighted by Gasteiger charge is -2.22. The standard InChI is InChI=1S/C14H13ClFN3O2/c1-21-14(20)8-2-5-12-17-18-13(19(12)7-8)10-4-3-9(15)6-11(10)16/h3-4,6,8H,2,5,7H2,1H3. The number of methoxy groups -OCH3 is 1. The van der Waals surface area contributed by atoms with Gasteiger partial charge in [0.15, 0.2) is 5.82 Å². The molecule has 0 aliphatic carbocycles. The third kappa shape index (κ3) is 2.51. The van der Waals surface area contributed by atoms with Crippen LogP contribution in [0.25, 0.3) is 11.4 Å². The second-order valence-corrected chi connectivity index (χ2v) is 5.37. The Morgan fingerprint density at radius 1 is 1.48 bits per heavy atom. The number of aryl methyl sites for hydroxylation is 1. The lowest BCUT2D eigenvalue weighted by atomic mass is 9.99. The van der Waals surface area contributed by atoms with Crippen LogP contribution in [0.15, 0.2) is 18.2 Å². The monoisotopic (exact) mass is 309 g/mol. The summed E-state index contributed by atoms with van der Waals surface area (Å²) in [6.45, 7) is 0.395. The second-order valence-electron chi connectivity index (χ2n) is 4.93. The van der Waals surface area contributed by atoms with Crippen LogP contribution in [-0.2, 0) is 22.5 Å². The topological polar surface area (TPSA) is 57.0 Å². The number of rotatable bonds is 2. The fourth-order valence-corrected chi connectivity index (χ4v) is 2.72. The first-order valence-electron chi connectivity index (χ1n) is 6.55. The number of benzene rings is 1. The highest BCUT2D eigenvalue weighted by Crippen LogP contribution is 2.29. The third-order valence-electron chi connectivity index (χ3n) is 3.65. The van der Waals surface area contributed by atoms with Crippen molar-refractivity contribution >= 4 is 17.6 Å². The van der Waals surface area contributed by atoms with Crippen molar-refractivity contribution < 1.29 is 13.9 Å². The second kappa shape index (κ2) is 5.44. The van der Waals surface area contributed by atoms with E-state index in [4.69, 9.17) is 16.3 Å². The average molecular weight is 310 g/mol. The molecule has 0 bridgehead atoms. The van der Waals surface area contributed by atoms with E-state index in [1.54, 1.807) is 16.7 Å². The molecule has 21 heavy (non-hydrogen) atoms. The van der Waals surface area contributed by atoms with Crippen molar-refractivity contribution in [2.75, 3.05) is 7.11 Å². The van der Waals surface area contributed by atoms with Crippen LogP contribution in [0.2, 0.25) is 5.02 Å². The molecule has 1 unspecified atom stereocenters. The maximum Gasteiger partial charge on any atom is 0.310 e. The van der Waals surface area contributed by atoms with Crippen molar-refractivity contribution in [3.63, 3.8) is 0 Å². The van der Waals surface area contributed by atoms with Gasteiger partial charge in [0, 0.05) is 18.0 Å². The molecule has 110 valence electrons. The van der Waals surface area contributed by atoms with E-state index in [1.807, 2.05) is 0 Å². The summed E-state index contributed by atoms with van der Waals surface area (Å²) < 4.78 is 20.6. The quantitative estimate of drug-likeness (QED) is 0.800. The van der Waals surface area contributed by atoms with Crippen LogP contribution in [0, 0.1) is 11.7 Å². The Balaban J connectivity index is 2.00. The Labute approximate surface area is 125 Å². The first-order chi connectivity index (χ1) is 10.1. The number of halogens is 2. The fourth-order valence-electron chi connectivity index (χ4n) is 2.56. The van der Waals surface area contributed by atoms with Gasteiger partial charge in [0.05, 0.1) is 18.6 Å². The third-order valence-corrected chi connectivity index (χ3v) is 3.89. The normalized spacial score (nSPS) is 17.4. The molecule has 2 heterocycles. The molecule has 0 spiro atoms. The van der Waals surface area contributed by atoms with Crippen molar-refractivity contribution in [1.82, 2.24) is 14.8 Å². The molecule has 1 aromatic heterocycles. The van der Waals surface area contributed by atoms with E-state index in [9.17, 15) is 9.18 Å². The number of carbonyl (C=O) groups excluding carboxylic acids is 1. The molecule has 1 aliphatic heterocycles. The molecule has 0 amide bonds. The summed E-state index contributed by atoms with van der Waals surface area (Å²) in [7, 11) is 1.36. The van der Waals surface area contributed by atoms with Gasteiger partial charge in [0.25, 0.3) is 0 Å². The number of nitrogens with zero attached hydrogens (tertiary/aromatic N) is 3. The van der Waals surface area contributed by atoms with Gasteiger partial charge in [-0.25, -0.2) is 4.39 Å². The van der Waals surface area contributed by atoms with Gasteiger partial charge in [0.2, 0.25) is 0 Å². The molecular formula is C14H13ClFN3O2. The molecule has 1 atom stereocenters. The van der Waals surface area contributed by atoms with Crippen LogP contribution < -0.4 is 0 Å². The molecule has 0 N–H and O–H groups in total. The van der Waals surface area contributed by atoms with Gasteiger partial charge in [0.1, 0.15) is 11.6 Å². The van der Waals surface area contributed by atoms with Crippen LogP contribution in [0.4, 0.5) is 4.39 Å². The SMILES string of the molecule is COC(=O)C1CCc2nnc(-c3ccc(Cl)cc3F)n2C1. The molecule has 0 radical (unpaired) electrons. The number of hydrogen-bond acceptors (Lipinski definition) is 4. The minimum atomic E-state index is -0.460. The molecule has 1 aliphatic rings. The summed E-state index contributed by atoms with van der Waals surface area (Å²) in [4.78, 5) is 11.7. The molecular weight excluding hydrogens is 297 g/mol. The molecule has 0 saturated heterocycles. The zero-order chi connectivity index (χ0) is 15.0. The van der Waals surface area contributed by atoms with Crippen LogP contribution in [0.3, 0.4) is 0 Å². The van der Waals surface area contributed by atoms with Crippen molar-refractivity contribution in [2.45, 2.75) is 19.4 Å². The summed E-state index contributed by atoms with van der Waals surface area (Å²) in [6.07, 6.45) is 1.27. The van der Waals surface area contributed by atoms with Crippen LogP contribution >= 0.6 is 11.6 Å². The Hall–Kier alpha value is -1.95. The summed E-state index contributed by atoms with van der Waals surface area (Å²) in [5.41, 5.74) is 0.323. The number of aromatic nitrogens is 3. The van der Waals surface area contributed by atoms with E-state index >= 15 is 0 Å². The highest BCUT2D eigenvalue weighted by Gasteiger charge is 2.29. The van der Waals surface area contributed by atoms with Crippen molar-refractivity contribution in [3.8, 4) is 11.4 Å². The maximum atomic E-state index is 14.0. The van der Waals surface area contributed by atoms with E-state index in [0.717, 1.165) is 5.82 Å². The van der Waals surface area contributed by atoms with E-state index in [0.29, 0.717) is 35.8 Å². The summed E-state index contributed by atoms with van der Waals surface area (Å²) in [5.74, 6) is 0.176. The zero-order valence-electron chi connectivity index (χ0n) is 11.3. The van der Waals surface area contributed by atoms with Crippen LogP contribution in [0.5, 0.6) is 0 Å². The molecule has 7 heteroatoms. The summed E-state index contributed by atoms with van der Waals surface area (Å²) >= 11 is 5.76. The average Bonchev–Trinajstić information content (AvgIpc) is 2.89. The predicted octanol–water partition coefficient (Wildman–Crippen LogP) is 2.47. The largest absolute Gasteiger partial charge is 0.469 e. The van der Waals surface area contributed by atoms with E-state index < -0.39 is 5.82 Å². The number of esters is 1. The van der Waals surface area contributed by atoms with Crippen molar-refractivity contribution in [1.29, 1.82) is 0 Å². The Morgan fingerprint density at radius 2 is 2.29 bits per heavy atom. The summed E-state index contributed by atoms with van der Waals surface area (Å²) in [6, 6.07) is 4.40. The minimum Gasteiger partial charge on any atom is -0.469 e. The van der Waals surface area contributed by atoms with Crippen molar-refractivity contribution in [2.24, 2.45) is 5.92 Å². The first-order valence-corrected chi connectivity index (χ1v) is 6.93. The number of fused-ring (bicyclic) bond motifs is 1. The maximum absolute atomic E-state index is 14.0. The van der Waals surface area contributed by atoms with E-state index in [1.165, 1.54) is 13.2 Å². The summed E-state index contributed by atoms with van der Waals surface area (Å²) in [5, 5.41) is 8.45. The van der Waals surface area contributed by atoms with Gasteiger partial charge >= 0.3 is 5.97 Å². The molecule has 3 rings (SSSR count). The van der Waals surface area contributed by atoms with Gasteiger partial charge in [-0.1, -0.05) is 11.6 Å². The molecule has 0 saturated carbocycles.